The van der Waals surface area contributed by atoms with Gasteiger partial charge in [0, 0.05) is 26.2 Å². The first-order valence-electron chi connectivity index (χ1n) is 10.2. The van der Waals surface area contributed by atoms with Crippen LogP contribution in [0.25, 0.3) is 16.9 Å². The Morgan fingerprint density at radius 3 is 2.59 bits per heavy atom. The highest BCUT2D eigenvalue weighted by molar-refractivity contribution is 5.84. The molecule has 0 saturated carbocycles. The summed E-state index contributed by atoms with van der Waals surface area (Å²) in [6.45, 7) is 2.27. The fraction of sp³-hybridized carbons (Fsp3) is 0.227. The summed E-state index contributed by atoms with van der Waals surface area (Å²) in [5.74, 6) is 0.894. The summed E-state index contributed by atoms with van der Waals surface area (Å²) in [4.78, 5) is 25.0. The van der Waals surface area contributed by atoms with Gasteiger partial charge in [0.15, 0.2) is 23.6 Å². The number of para-hydroxylation sites is 1. The standard InChI is InChI=1S/C22H20FN7O2/c23-16-5-4-6-17(13-16)30-22-20(26-27-30)21(24-15-25-22)29-11-9-28(10-12-29)19(31)14-32-18-7-2-1-3-8-18/h1-8,13,15H,9-12,14H2. The van der Waals surface area contributed by atoms with Crippen molar-refractivity contribution >= 4 is 22.9 Å². The maximum atomic E-state index is 13.6. The number of nitrogens with zero attached hydrogens (tertiary/aromatic N) is 7. The maximum Gasteiger partial charge on any atom is 0.260 e. The number of aromatic nitrogens is 5. The lowest BCUT2D eigenvalue weighted by Crippen LogP contribution is -2.50. The monoisotopic (exact) mass is 433 g/mol. The van der Waals surface area contributed by atoms with E-state index in [2.05, 4.69) is 25.2 Å². The van der Waals surface area contributed by atoms with Crippen molar-refractivity contribution in [3.05, 3.63) is 66.7 Å². The summed E-state index contributed by atoms with van der Waals surface area (Å²) in [7, 11) is 0. The van der Waals surface area contributed by atoms with E-state index in [4.69, 9.17) is 4.74 Å². The number of fused-ring (bicyclic) bond motifs is 1. The van der Waals surface area contributed by atoms with Crippen molar-refractivity contribution in [2.24, 2.45) is 0 Å². The Hall–Kier alpha value is -4.08. The average Bonchev–Trinajstić information content (AvgIpc) is 3.28. The van der Waals surface area contributed by atoms with Gasteiger partial charge in [-0.3, -0.25) is 4.79 Å². The Balaban J connectivity index is 1.27. The van der Waals surface area contributed by atoms with Gasteiger partial charge in [0.05, 0.1) is 5.69 Å². The summed E-state index contributed by atoms with van der Waals surface area (Å²) >= 11 is 0. The normalized spacial score (nSPS) is 14.0. The van der Waals surface area contributed by atoms with Crippen molar-refractivity contribution in [3.63, 3.8) is 0 Å². The number of halogens is 1. The molecule has 2 aromatic carbocycles. The van der Waals surface area contributed by atoms with Crippen LogP contribution in [0.2, 0.25) is 0 Å². The third-order valence-corrected chi connectivity index (χ3v) is 5.31. The third-order valence-electron chi connectivity index (χ3n) is 5.31. The minimum absolute atomic E-state index is 0.00370. The van der Waals surface area contributed by atoms with Crippen LogP contribution in [-0.2, 0) is 4.79 Å². The molecule has 32 heavy (non-hydrogen) atoms. The second-order valence-corrected chi connectivity index (χ2v) is 7.32. The number of carbonyl (C=O) groups excluding carboxylic acids is 1. The predicted molar refractivity (Wildman–Crippen MR) is 115 cm³/mol. The molecule has 0 unspecified atom stereocenters. The number of piperazine rings is 1. The van der Waals surface area contributed by atoms with Crippen LogP contribution in [0.5, 0.6) is 5.75 Å². The van der Waals surface area contributed by atoms with Crippen LogP contribution < -0.4 is 9.64 Å². The first kappa shape index (κ1) is 19.9. The lowest BCUT2D eigenvalue weighted by molar-refractivity contribution is -0.133. The van der Waals surface area contributed by atoms with Gasteiger partial charge in [-0.25, -0.2) is 14.4 Å². The number of anilines is 1. The van der Waals surface area contributed by atoms with Crippen LogP contribution in [0.3, 0.4) is 0 Å². The van der Waals surface area contributed by atoms with Crippen LogP contribution in [-0.4, -0.2) is 68.6 Å². The van der Waals surface area contributed by atoms with Crippen molar-refractivity contribution in [1.82, 2.24) is 29.9 Å². The van der Waals surface area contributed by atoms with Crippen molar-refractivity contribution in [1.29, 1.82) is 0 Å². The first-order chi connectivity index (χ1) is 15.7. The zero-order valence-electron chi connectivity index (χ0n) is 17.1. The molecule has 1 amide bonds. The molecule has 162 valence electrons. The molecule has 0 atom stereocenters. The van der Waals surface area contributed by atoms with Gasteiger partial charge in [-0.2, -0.15) is 4.68 Å². The van der Waals surface area contributed by atoms with Crippen molar-refractivity contribution in [3.8, 4) is 11.4 Å². The Labute approximate surface area is 183 Å². The van der Waals surface area contributed by atoms with E-state index in [0.29, 0.717) is 54.6 Å². The van der Waals surface area contributed by atoms with Crippen LogP contribution >= 0.6 is 0 Å². The highest BCUT2D eigenvalue weighted by atomic mass is 19.1. The molecule has 0 N–H and O–H groups in total. The van der Waals surface area contributed by atoms with E-state index in [-0.39, 0.29) is 18.3 Å². The smallest absolute Gasteiger partial charge is 0.260 e. The summed E-state index contributed by atoms with van der Waals surface area (Å²) < 4.78 is 20.7. The van der Waals surface area contributed by atoms with E-state index in [1.54, 1.807) is 17.0 Å². The van der Waals surface area contributed by atoms with E-state index in [1.165, 1.54) is 23.1 Å². The van der Waals surface area contributed by atoms with Gasteiger partial charge in [0.25, 0.3) is 5.91 Å². The lowest BCUT2D eigenvalue weighted by atomic mass is 10.3. The van der Waals surface area contributed by atoms with E-state index in [9.17, 15) is 9.18 Å². The number of rotatable bonds is 5. The van der Waals surface area contributed by atoms with Gasteiger partial charge in [-0.1, -0.05) is 29.5 Å². The number of ether oxygens (including phenoxy) is 1. The van der Waals surface area contributed by atoms with E-state index < -0.39 is 0 Å². The second kappa shape index (κ2) is 8.58. The lowest BCUT2D eigenvalue weighted by Gasteiger charge is -2.35. The molecule has 1 aliphatic heterocycles. The number of hydrogen-bond donors (Lipinski definition) is 0. The fourth-order valence-corrected chi connectivity index (χ4v) is 3.67. The molecular formula is C22H20FN7O2. The van der Waals surface area contributed by atoms with Crippen LogP contribution in [0.1, 0.15) is 0 Å². The average molecular weight is 433 g/mol. The molecule has 9 nitrogen and oxygen atoms in total. The topological polar surface area (TPSA) is 89.3 Å². The number of carbonyl (C=O) groups is 1. The molecule has 4 aromatic rings. The van der Waals surface area contributed by atoms with Gasteiger partial charge in [0.2, 0.25) is 0 Å². The van der Waals surface area contributed by atoms with E-state index in [0.717, 1.165) is 0 Å². The summed E-state index contributed by atoms with van der Waals surface area (Å²) in [5, 5.41) is 8.39. The molecule has 2 aromatic heterocycles. The molecular weight excluding hydrogens is 413 g/mol. The number of hydrogen-bond acceptors (Lipinski definition) is 7. The van der Waals surface area contributed by atoms with Gasteiger partial charge in [-0.05, 0) is 30.3 Å². The minimum atomic E-state index is -0.363. The van der Waals surface area contributed by atoms with Crippen molar-refractivity contribution in [2.45, 2.75) is 0 Å². The molecule has 10 heteroatoms. The molecule has 1 aliphatic rings. The van der Waals surface area contributed by atoms with E-state index in [1.807, 2.05) is 30.3 Å². The van der Waals surface area contributed by atoms with Gasteiger partial charge in [0.1, 0.15) is 17.9 Å². The van der Waals surface area contributed by atoms with Crippen LogP contribution in [0.15, 0.2) is 60.9 Å². The molecule has 0 spiro atoms. The maximum absolute atomic E-state index is 13.6. The van der Waals surface area contributed by atoms with Gasteiger partial charge >= 0.3 is 0 Å². The molecule has 0 aliphatic carbocycles. The molecule has 1 fully saturated rings. The zero-order valence-corrected chi connectivity index (χ0v) is 17.1. The Morgan fingerprint density at radius 1 is 1.00 bits per heavy atom. The highest BCUT2D eigenvalue weighted by Crippen LogP contribution is 2.24. The second-order valence-electron chi connectivity index (χ2n) is 7.32. The van der Waals surface area contributed by atoms with Crippen molar-refractivity contribution in [2.75, 3.05) is 37.7 Å². The zero-order chi connectivity index (χ0) is 21.9. The summed E-state index contributed by atoms with van der Waals surface area (Å²) in [5.41, 5.74) is 1.56. The summed E-state index contributed by atoms with van der Waals surface area (Å²) in [6, 6.07) is 15.4. The van der Waals surface area contributed by atoms with Crippen LogP contribution in [0, 0.1) is 5.82 Å². The molecule has 1 saturated heterocycles. The van der Waals surface area contributed by atoms with Gasteiger partial charge in [-0.15, -0.1) is 5.10 Å². The molecule has 0 radical (unpaired) electrons. The molecule has 0 bridgehead atoms. The SMILES string of the molecule is O=C(COc1ccccc1)N1CCN(c2ncnc3c2nnn3-c2cccc(F)c2)CC1. The Morgan fingerprint density at radius 2 is 1.81 bits per heavy atom. The van der Waals surface area contributed by atoms with E-state index >= 15 is 0 Å². The Kier molecular flexibility index (Phi) is 5.32. The van der Waals surface area contributed by atoms with Gasteiger partial charge < -0.3 is 14.5 Å². The minimum Gasteiger partial charge on any atom is -0.484 e. The number of amides is 1. The Bertz CT molecular complexity index is 1240. The summed E-state index contributed by atoms with van der Waals surface area (Å²) in [6.07, 6.45) is 1.45. The van der Waals surface area contributed by atoms with Crippen molar-refractivity contribution < 1.29 is 13.9 Å². The molecule has 3 heterocycles. The number of benzene rings is 2. The fourth-order valence-electron chi connectivity index (χ4n) is 3.67. The largest absolute Gasteiger partial charge is 0.484 e. The first-order valence-corrected chi connectivity index (χ1v) is 10.2. The highest BCUT2D eigenvalue weighted by Gasteiger charge is 2.25. The quantitative estimate of drug-likeness (QED) is 0.476. The predicted octanol–water partition coefficient (Wildman–Crippen LogP) is 2.08. The van der Waals surface area contributed by atoms with Crippen LogP contribution in [0.4, 0.5) is 10.2 Å². The third kappa shape index (κ3) is 3.94. The molecule has 5 rings (SSSR count).